The first-order valence-electron chi connectivity index (χ1n) is 8.81. The topological polar surface area (TPSA) is 81.7 Å². The molecule has 0 heterocycles. The van der Waals surface area contributed by atoms with Crippen molar-refractivity contribution in [2.45, 2.75) is 33.5 Å². The Bertz CT molecular complexity index is 896. The van der Waals surface area contributed by atoms with Crippen molar-refractivity contribution in [2.24, 2.45) is 0 Å². The molecule has 0 saturated heterocycles. The average Bonchev–Trinajstić information content (AvgIpc) is 2.67. The van der Waals surface area contributed by atoms with Crippen molar-refractivity contribution in [3.8, 4) is 5.75 Å². The van der Waals surface area contributed by atoms with Crippen LogP contribution in [0.15, 0.2) is 42.5 Å². The van der Waals surface area contributed by atoms with Crippen LogP contribution in [0.3, 0.4) is 0 Å². The van der Waals surface area contributed by atoms with Gasteiger partial charge in [-0.05, 0) is 68.3 Å². The summed E-state index contributed by atoms with van der Waals surface area (Å²) in [5.74, 6) is -1.81. The molecule has 0 aliphatic rings. The van der Waals surface area contributed by atoms with Crippen LogP contribution in [0, 0.1) is 13.8 Å². The van der Waals surface area contributed by atoms with Crippen molar-refractivity contribution in [2.75, 3.05) is 6.54 Å². The van der Waals surface area contributed by atoms with Gasteiger partial charge in [-0.3, -0.25) is 14.4 Å². The third-order valence-electron chi connectivity index (χ3n) is 4.20. The fourth-order valence-corrected chi connectivity index (χ4v) is 2.46. The normalized spacial score (nSPS) is 11.7. The van der Waals surface area contributed by atoms with E-state index in [0.29, 0.717) is 5.56 Å². The molecule has 0 radical (unpaired) electrons. The number of esters is 1. The van der Waals surface area contributed by atoms with E-state index in [2.05, 4.69) is 10.1 Å². The fraction of sp³-hybridized carbons (Fsp3) is 0.286. The number of halogens is 2. The smallest absolute Gasteiger partial charge is 0.387 e. The molecular formula is C21H21F2NO5. The summed E-state index contributed by atoms with van der Waals surface area (Å²) in [7, 11) is 0. The van der Waals surface area contributed by atoms with E-state index in [-0.39, 0.29) is 11.3 Å². The fourth-order valence-electron chi connectivity index (χ4n) is 2.46. The molecule has 6 nitrogen and oxygen atoms in total. The van der Waals surface area contributed by atoms with Crippen LogP contribution < -0.4 is 10.1 Å². The van der Waals surface area contributed by atoms with E-state index in [0.717, 1.165) is 11.1 Å². The quantitative estimate of drug-likeness (QED) is 0.537. The lowest BCUT2D eigenvalue weighted by atomic mass is 10.1. The van der Waals surface area contributed by atoms with Gasteiger partial charge in [0.15, 0.2) is 6.10 Å². The zero-order valence-electron chi connectivity index (χ0n) is 16.2. The molecule has 29 heavy (non-hydrogen) atoms. The molecule has 0 aliphatic carbocycles. The maximum absolute atomic E-state index is 12.3. The first kappa shape index (κ1) is 22.0. The lowest BCUT2D eigenvalue weighted by molar-refractivity contribution is -0.145. The summed E-state index contributed by atoms with van der Waals surface area (Å²) in [4.78, 5) is 36.3. The van der Waals surface area contributed by atoms with Gasteiger partial charge in [0.05, 0.1) is 0 Å². The zero-order chi connectivity index (χ0) is 21.6. The van der Waals surface area contributed by atoms with Crippen LogP contribution in [-0.4, -0.2) is 36.9 Å². The van der Waals surface area contributed by atoms with Crippen LogP contribution in [0.25, 0.3) is 0 Å². The first-order chi connectivity index (χ1) is 13.7. The minimum absolute atomic E-state index is 0.0877. The predicted molar refractivity (Wildman–Crippen MR) is 101 cm³/mol. The number of amides is 1. The number of hydrogen-bond donors (Lipinski definition) is 1. The van der Waals surface area contributed by atoms with Crippen molar-refractivity contribution in [3.05, 3.63) is 64.7 Å². The summed E-state index contributed by atoms with van der Waals surface area (Å²) in [5, 5.41) is 2.44. The molecule has 0 fully saturated rings. The molecule has 0 aliphatic heterocycles. The molecule has 2 aromatic rings. The Balaban J connectivity index is 1.86. The average molecular weight is 405 g/mol. The molecular weight excluding hydrogens is 384 g/mol. The Labute approximate surface area is 166 Å². The molecule has 2 rings (SSSR count). The van der Waals surface area contributed by atoms with Crippen LogP contribution in [0.4, 0.5) is 8.78 Å². The lowest BCUT2D eigenvalue weighted by Crippen LogP contribution is -2.34. The second kappa shape index (κ2) is 9.77. The highest BCUT2D eigenvalue weighted by Crippen LogP contribution is 2.16. The van der Waals surface area contributed by atoms with Gasteiger partial charge in [0.2, 0.25) is 5.78 Å². The Kier molecular flexibility index (Phi) is 7.41. The largest absolute Gasteiger partial charge is 0.453 e. The number of aryl methyl sites for hydroxylation is 2. The maximum atomic E-state index is 12.3. The van der Waals surface area contributed by atoms with Gasteiger partial charge in [0.1, 0.15) is 12.3 Å². The minimum atomic E-state index is -2.96. The minimum Gasteiger partial charge on any atom is -0.453 e. The summed E-state index contributed by atoms with van der Waals surface area (Å²) in [6, 6.07) is 10.2. The van der Waals surface area contributed by atoms with Gasteiger partial charge in [-0.1, -0.05) is 6.07 Å². The number of alkyl halides is 2. The van der Waals surface area contributed by atoms with Gasteiger partial charge >= 0.3 is 12.6 Å². The molecule has 0 spiro atoms. The summed E-state index contributed by atoms with van der Waals surface area (Å²) in [6.07, 6.45) is -1.11. The van der Waals surface area contributed by atoms with E-state index >= 15 is 0 Å². The second-order valence-corrected chi connectivity index (χ2v) is 6.38. The Hall–Kier alpha value is -3.29. The molecule has 1 amide bonds. The lowest BCUT2D eigenvalue weighted by Gasteiger charge is -2.13. The maximum Gasteiger partial charge on any atom is 0.387 e. The van der Waals surface area contributed by atoms with Gasteiger partial charge in [-0.15, -0.1) is 0 Å². The molecule has 0 saturated carbocycles. The number of carbonyl (C=O) groups is 3. The molecule has 0 unspecified atom stereocenters. The van der Waals surface area contributed by atoms with E-state index < -0.39 is 36.9 Å². The zero-order valence-corrected chi connectivity index (χ0v) is 16.2. The van der Waals surface area contributed by atoms with Gasteiger partial charge in [0, 0.05) is 11.1 Å². The monoisotopic (exact) mass is 405 g/mol. The highest BCUT2D eigenvalue weighted by atomic mass is 19.3. The molecule has 0 aromatic heterocycles. The number of hydrogen-bond acceptors (Lipinski definition) is 5. The van der Waals surface area contributed by atoms with Gasteiger partial charge in [0.25, 0.3) is 5.91 Å². The summed E-state index contributed by atoms with van der Waals surface area (Å²) in [5.41, 5.74) is 2.58. The third-order valence-corrected chi connectivity index (χ3v) is 4.20. The highest BCUT2D eigenvalue weighted by molar-refractivity contribution is 6.00. The van der Waals surface area contributed by atoms with Crippen molar-refractivity contribution in [1.29, 1.82) is 0 Å². The number of rotatable bonds is 8. The van der Waals surface area contributed by atoms with Gasteiger partial charge in [-0.25, -0.2) is 0 Å². The van der Waals surface area contributed by atoms with Crippen LogP contribution in [-0.2, 0) is 9.53 Å². The number of Topliss-reactive ketones (excluding diaryl/α,β-unsaturated/α-hetero) is 1. The molecule has 0 bridgehead atoms. The molecule has 1 N–H and O–H groups in total. The standard InChI is InChI=1S/C21H21F2NO5/c1-12-4-5-16(10-13(12)2)20(27)24-11-18(25)28-14(3)19(26)15-6-8-17(9-7-15)29-21(22)23/h4-10,14,21H,11H2,1-3H3,(H,24,27)/t14-/m1/s1. The predicted octanol–water partition coefficient (Wildman–Crippen LogP) is 3.45. The molecule has 1 atom stereocenters. The molecule has 2 aromatic carbocycles. The van der Waals surface area contributed by atoms with E-state index in [9.17, 15) is 23.2 Å². The number of ketones is 1. The van der Waals surface area contributed by atoms with E-state index in [4.69, 9.17) is 4.74 Å². The highest BCUT2D eigenvalue weighted by Gasteiger charge is 2.20. The summed E-state index contributed by atoms with van der Waals surface area (Å²) in [6.45, 7) is 1.82. The van der Waals surface area contributed by atoms with E-state index in [1.54, 1.807) is 18.2 Å². The Morgan fingerprint density at radius 1 is 0.966 bits per heavy atom. The second-order valence-electron chi connectivity index (χ2n) is 6.38. The van der Waals surface area contributed by atoms with Crippen LogP contribution in [0.2, 0.25) is 0 Å². The SMILES string of the molecule is Cc1ccc(C(=O)NCC(=O)O[C@H](C)C(=O)c2ccc(OC(F)F)cc2)cc1C. The van der Waals surface area contributed by atoms with Crippen molar-refractivity contribution < 1.29 is 32.6 Å². The van der Waals surface area contributed by atoms with Crippen molar-refractivity contribution >= 4 is 17.7 Å². The van der Waals surface area contributed by atoms with Gasteiger partial charge < -0.3 is 14.8 Å². The van der Waals surface area contributed by atoms with E-state index in [1.807, 2.05) is 13.8 Å². The van der Waals surface area contributed by atoms with E-state index in [1.165, 1.54) is 31.2 Å². The first-order valence-corrected chi connectivity index (χ1v) is 8.81. The van der Waals surface area contributed by atoms with Crippen LogP contribution >= 0.6 is 0 Å². The summed E-state index contributed by atoms with van der Waals surface area (Å²) < 4.78 is 33.5. The molecule has 8 heteroatoms. The van der Waals surface area contributed by atoms with Gasteiger partial charge in [-0.2, -0.15) is 8.78 Å². The van der Waals surface area contributed by atoms with Crippen LogP contribution in [0.1, 0.15) is 38.8 Å². The van der Waals surface area contributed by atoms with Crippen molar-refractivity contribution in [1.82, 2.24) is 5.32 Å². The summed E-state index contributed by atoms with van der Waals surface area (Å²) >= 11 is 0. The number of nitrogens with one attached hydrogen (secondary N) is 1. The third kappa shape index (κ3) is 6.38. The van der Waals surface area contributed by atoms with Crippen LogP contribution in [0.5, 0.6) is 5.75 Å². The Morgan fingerprint density at radius 2 is 1.59 bits per heavy atom. The Morgan fingerprint density at radius 3 is 2.17 bits per heavy atom. The number of ether oxygens (including phenoxy) is 2. The van der Waals surface area contributed by atoms with Crippen molar-refractivity contribution in [3.63, 3.8) is 0 Å². The molecule has 154 valence electrons. The number of carbonyl (C=O) groups excluding carboxylic acids is 3. The number of benzene rings is 2.